The second-order valence-corrected chi connectivity index (χ2v) is 4.85. The van der Waals surface area contributed by atoms with Crippen LogP contribution in [0.5, 0.6) is 0 Å². The van der Waals surface area contributed by atoms with Crippen LogP contribution in [0, 0.1) is 5.41 Å². The van der Waals surface area contributed by atoms with E-state index >= 15 is 0 Å². The highest BCUT2D eigenvalue weighted by molar-refractivity contribution is 5.14. The maximum atomic E-state index is 5.47. The molecular formula is C11H21NO. The Labute approximate surface area is 81.6 Å². The summed E-state index contributed by atoms with van der Waals surface area (Å²) in [6.07, 6.45) is 0. The smallest absolute Gasteiger partial charge is 0.0661 e. The third kappa shape index (κ3) is 2.55. The molecule has 0 aliphatic carbocycles. The van der Waals surface area contributed by atoms with E-state index in [1.807, 2.05) is 0 Å². The third-order valence-corrected chi connectivity index (χ3v) is 2.76. The lowest BCUT2D eigenvalue weighted by atomic mass is 9.82. The minimum atomic E-state index is 0.180. The van der Waals surface area contributed by atoms with E-state index < -0.39 is 0 Å². The van der Waals surface area contributed by atoms with E-state index in [1.165, 1.54) is 5.57 Å². The molecule has 1 saturated heterocycles. The molecule has 1 aliphatic rings. The number of rotatable bonds is 1. The average molecular weight is 183 g/mol. The largest absolute Gasteiger partial charge is 0.378 e. The fraction of sp³-hybridized carbons (Fsp3) is 0.818. The molecule has 13 heavy (non-hydrogen) atoms. The number of morpholine rings is 1. The van der Waals surface area contributed by atoms with Crippen LogP contribution in [0.25, 0.3) is 0 Å². The van der Waals surface area contributed by atoms with Gasteiger partial charge in [0.15, 0.2) is 0 Å². The lowest BCUT2D eigenvalue weighted by Crippen LogP contribution is -2.45. The van der Waals surface area contributed by atoms with Crippen LogP contribution >= 0.6 is 0 Å². The topological polar surface area (TPSA) is 12.5 Å². The number of hydrogen-bond donors (Lipinski definition) is 0. The molecule has 76 valence electrons. The predicted octanol–water partition coefficient (Wildman–Crippen LogP) is 1.92. The van der Waals surface area contributed by atoms with E-state index in [2.05, 4.69) is 39.3 Å². The number of nitrogens with zero attached hydrogens (tertiary/aromatic N) is 1. The highest BCUT2D eigenvalue weighted by Crippen LogP contribution is 2.29. The molecule has 0 aromatic rings. The fourth-order valence-corrected chi connectivity index (χ4v) is 1.55. The Morgan fingerprint density at radius 2 is 2.08 bits per heavy atom. The van der Waals surface area contributed by atoms with Crippen LogP contribution in [0.15, 0.2) is 12.2 Å². The SMILES string of the molecule is C=C(C1COCCN1C)C(C)(C)C. The lowest BCUT2D eigenvalue weighted by molar-refractivity contribution is 0.0138. The van der Waals surface area contributed by atoms with Crippen LogP contribution < -0.4 is 0 Å². The summed E-state index contributed by atoms with van der Waals surface area (Å²) >= 11 is 0. The molecule has 0 spiro atoms. The number of hydrogen-bond acceptors (Lipinski definition) is 2. The van der Waals surface area contributed by atoms with Gasteiger partial charge in [0.25, 0.3) is 0 Å². The second kappa shape index (κ2) is 3.81. The summed E-state index contributed by atoms with van der Waals surface area (Å²) in [5.41, 5.74) is 1.45. The molecule has 0 aromatic carbocycles. The van der Waals surface area contributed by atoms with E-state index in [-0.39, 0.29) is 5.41 Å². The highest BCUT2D eigenvalue weighted by atomic mass is 16.5. The predicted molar refractivity (Wildman–Crippen MR) is 55.8 cm³/mol. The quantitative estimate of drug-likeness (QED) is 0.576. The summed E-state index contributed by atoms with van der Waals surface area (Å²) in [6, 6.07) is 0.397. The Morgan fingerprint density at radius 3 is 2.54 bits per heavy atom. The Balaban J connectivity index is 2.64. The van der Waals surface area contributed by atoms with Crippen molar-refractivity contribution in [3.05, 3.63) is 12.2 Å². The van der Waals surface area contributed by atoms with Gasteiger partial charge in [-0.3, -0.25) is 4.90 Å². The van der Waals surface area contributed by atoms with Crippen LogP contribution in [0.1, 0.15) is 20.8 Å². The number of ether oxygens (including phenoxy) is 1. The van der Waals surface area contributed by atoms with Gasteiger partial charge in [-0.1, -0.05) is 32.9 Å². The van der Waals surface area contributed by atoms with Gasteiger partial charge in [0.2, 0.25) is 0 Å². The first-order valence-electron chi connectivity index (χ1n) is 4.90. The molecule has 2 heteroatoms. The second-order valence-electron chi connectivity index (χ2n) is 4.85. The highest BCUT2D eigenvalue weighted by Gasteiger charge is 2.28. The number of likely N-dealkylation sites (N-methyl/N-ethyl adjacent to an activating group) is 1. The summed E-state index contributed by atoms with van der Waals surface area (Å²) in [5.74, 6) is 0. The van der Waals surface area contributed by atoms with Crippen molar-refractivity contribution in [3.8, 4) is 0 Å². The maximum absolute atomic E-state index is 5.47. The third-order valence-electron chi connectivity index (χ3n) is 2.76. The molecular weight excluding hydrogens is 162 g/mol. The van der Waals surface area contributed by atoms with Crippen molar-refractivity contribution in [1.29, 1.82) is 0 Å². The summed E-state index contributed by atoms with van der Waals surface area (Å²) in [7, 11) is 2.14. The molecule has 1 rings (SSSR count). The first kappa shape index (κ1) is 10.7. The minimum absolute atomic E-state index is 0.180. The van der Waals surface area contributed by atoms with Gasteiger partial charge >= 0.3 is 0 Å². The molecule has 0 saturated carbocycles. The summed E-state index contributed by atoms with van der Waals surface area (Å²) in [5, 5.41) is 0. The van der Waals surface area contributed by atoms with Gasteiger partial charge < -0.3 is 4.74 Å². The van der Waals surface area contributed by atoms with Crippen molar-refractivity contribution < 1.29 is 4.74 Å². The zero-order valence-electron chi connectivity index (χ0n) is 9.26. The molecule has 0 N–H and O–H groups in total. The average Bonchev–Trinajstić information content (AvgIpc) is 2.02. The van der Waals surface area contributed by atoms with Gasteiger partial charge in [0, 0.05) is 6.54 Å². The molecule has 0 bridgehead atoms. The zero-order chi connectivity index (χ0) is 10.1. The molecule has 2 nitrogen and oxygen atoms in total. The standard InChI is InChI=1S/C11H21NO/c1-9(11(2,3)4)10-8-13-7-6-12(10)5/h10H,1,6-8H2,2-5H3. The zero-order valence-corrected chi connectivity index (χ0v) is 9.26. The van der Waals surface area contributed by atoms with Crippen molar-refractivity contribution in [2.24, 2.45) is 5.41 Å². The molecule has 1 atom stereocenters. The Bertz CT molecular complexity index is 193. The van der Waals surface area contributed by atoms with Crippen molar-refractivity contribution >= 4 is 0 Å². The molecule has 0 amide bonds. The van der Waals surface area contributed by atoms with Gasteiger partial charge in [-0.25, -0.2) is 0 Å². The van der Waals surface area contributed by atoms with Gasteiger partial charge in [-0.2, -0.15) is 0 Å². The van der Waals surface area contributed by atoms with E-state index in [9.17, 15) is 0 Å². The molecule has 1 heterocycles. The summed E-state index contributed by atoms with van der Waals surface area (Å²) in [6.45, 7) is 13.5. The summed E-state index contributed by atoms with van der Waals surface area (Å²) < 4.78 is 5.47. The normalized spacial score (nSPS) is 26.0. The van der Waals surface area contributed by atoms with Gasteiger partial charge in [0.1, 0.15) is 0 Å². The Hall–Kier alpha value is -0.340. The van der Waals surface area contributed by atoms with Crippen LogP contribution in [-0.4, -0.2) is 37.7 Å². The molecule has 0 radical (unpaired) electrons. The molecule has 1 aliphatic heterocycles. The van der Waals surface area contributed by atoms with E-state index in [4.69, 9.17) is 4.74 Å². The van der Waals surface area contributed by atoms with Gasteiger partial charge in [-0.05, 0) is 12.5 Å². The van der Waals surface area contributed by atoms with Crippen molar-refractivity contribution in [2.45, 2.75) is 26.8 Å². The van der Waals surface area contributed by atoms with Crippen molar-refractivity contribution in [2.75, 3.05) is 26.8 Å². The molecule has 0 aromatic heterocycles. The lowest BCUT2D eigenvalue weighted by Gasteiger charge is -2.38. The van der Waals surface area contributed by atoms with Crippen LogP contribution in [0.3, 0.4) is 0 Å². The molecule has 1 fully saturated rings. The minimum Gasteiger partial charge on any atom is -0.378 e. The first-order chi connectivity index (χ1) is 5.93. The first-order valence-corrected chi connectivity index (χ1v) is 4.90. The van der Waals surface area contributed by atoms with E-state index in [0.29, 0.717) is 6.04 Å². The monoisotopic (exact) mass is 183 g/mol. The molecule has 1 unspecified atom stereocenters. The Morgan fingerprint density at radius 1 is 1.46 bits per heavy atom. The fourth-order valence-electron chi connectivity index (χ4n) is 1.55. The van der Waals surface area contributed by atoms with Crippen LogP contribution in [-0.2, 0) is 4.74 Å². The maximum Gasteiger partial charge on any atom is 0.0661 e. The van der Waals surface area contributed by atoms with Crippen LogP contribution in [0.2, 0.25) is 0 Å². The van der Waals surface area contributed by atoms with Crippen molar-refractivity contribution in [1.82, 2.24) is 4.90 Å². The van der Waals surface area contributed by atoms with Gasteiger partial charge in [0.05, 0.1) is 19.3 Å². The van der Waals surface area contributed by atoms with E-state index in [0.717, 1.165) is 19.8 Å². The van der Waals surface area contributed by atoms with Crippen LogP contribution in [0.4, 0.5) is 0 Å². The van der Waals surface area contributed by atoms with E-state index in [1.54, 1.807) is 0 Å². The Kier molecular flexibility index (Phi) is 3.14. The summed E-state index contributed by atoms with van der Waals surface area (Å²) in [4.78, 5) is 2.33. The van der Waals surface area contributed by atoms with Gasteiger partial charge in [-0.15, -0.1) is 0 Å². The van der Waals surface area contributed by atoms with Crippen molar-refractivity contribution in [3.63, 3.8) is 0 Å².